The van der Waals surface area contributed by atoms with Crippen LogP contribution in [0.15, 0.2) is 18.5 Å². The summed E-state index contributed by atoms with van der Waals surface area (Å²) < 4.78 is 14.9. The van der Waals surface area contributed by atoms with Gasteiger partial charge in [0, 0.05) is 23.8 Å². The number of fused-ring (bicyclic) bond motifs is 1. The second kappa shape index (κ2) is 4.71. The van der Waals surface area contributed by atoms with E-state index in [9.17, 15) is 14.3 Å². The number of aromatic amines is 1. The van der Waals surface area contributed by atoms with E-state index in [1.807, 2.05) is 6.07 Å². The Kier molecular flexibility index (Phi) is 2.80. The van der Waals surface area contributed by atoms with E-state index < -0.39 is 11.6 Å². The van der Waals surface area contributed by atoms with Gasteiger partial charge in [0.2, 0.25) is 0 Å². The normalized spacial score (nSPS) is 37.0. The Balaban J connectivity index is 1.54. The molecule has 4 saturated carbocycles. The zero-order valence-corrected chi connectivity index (χ0v) is 13.3. The molecular weight excluding hydrogens is 309 g/mol. The van der Waals surface area contributed by atoms with Crippen LogP contribution in [0.4, 0.5) is 10.1 Å². The Morgan fingerprint density at radius 3 is 2.75 bits per heavy atom. The van der Waals surface area contributed by atoms with Crippen molar-refractivity contribution in [2.24, 2.45) is 17.8 Å². The zero-order valence-electron chi connectivity index (χ0n) is 13.3. The molecule has 6 rings (SSSR count). The quantitative estimate of drug-likeness (QED) is 0.804. The topological polar surface area (TPSA) is 78.0 Å². The van der Waals surface area contributed by atoms with Gasteiger partial charge in [0.05, 0.1) is 5.69 Å². The average Bonchev–Trinajstić information content (AvgIpc) is 2.97. The predicted molar refractivity (Wildman–Crippen MR) is 87.9 cm³/mol. The Labute approximate surface area is 138 Å². The number of H-pyrrole nitrogens is 1. The molecule has 4 aliphatic carbocycles. The molecule has 24 heavy (non-hydrogen) atoms. The molecule has 0 amide bonds. The number of pyridine rings is 1. The van der Waals surface area contributed by atoms with Gasteiger partial charge in [-0.05, 0) is 55.9 Å². The minimum absolute atomic E-state index is 0.157. The molecule has 4 bridgehead atoms. The highest BCUT2D eigenvalue weighted by Gasteiger charge is 2.56. The van der Waals surface area contributed by atoms with Crippen LogP contribution in [0.5, 0.6) is 0 Å². The lowest BCUT2D eigenvalue weighted by molar-refractivity contribution is -0.0800. The lowest BCUT2D eigenvalue weighted by Gasteiger charge is -2.57. The van der Waals surface area contributed by atoms with Gasteiger partial charge in [0.15, 0.2) is 0 Å². The number of aromatic nitrogens is 2. The van der Waals surface area contributed by atoms with Crippen LogP contribution in [-0.2, 0) is 0 Å². The summed E-state index contributed by atoms with van der Waals surface area (Å²) in [5.74, 6) is 0.114. The summed E-state index contributed by atoms with van der Waals surface area (Å²) in [7, 11) is 0. The van der Waals surface area contributed by atoms with E-state index in [0.717, 1.165) is 24.6 Å². The number of aromatic carboxylic acids is 1. The molecule has 5 nitrogen and oxygen atoms in total. The summed E-state index contributed by atoms with van der Waals surface area (Å²) in [6, 6.07) is 2.01. The number of rotatable bonds is 3. The monoisotopic (exact) mass is 329 g/mol. The highest BCUT2D eigenvalue weighted by molar-refractivity contribution is 6.03. The molecule has 0 saturated heterocycles. The van der Waals surface area contributed by atoms with E-state index in [4.69, 9.17) is 0 Å². The predicted octanol–water partition coefficient (Wildman–Crippen LogP) is 3.59. The van der Waals surface area contributed by atoms with Crippen molar-refractivity contribution >= 4 is 22.7 Å². The van der Waals surface area contributed by atoms with Gasteiger partial charge in [-0.3, -0.25) is 0 Å². The van der Waals surface area contributed by atoms with E-state index in [1.165, 1.54) is 6.20 Å². The summed E-state index contributed by atoms with van der Waals surface area (Å²) in [6.07, 6.45) is 7.23. The lowest BCUT2D eigenvalue weighted by atomic mass is 9.53. The molecule has 126 valence electrons. The van der Waals surface area contributed by atoms with Crippen molar-refractivity contribution in [1.29, 1.82) is 0 Å². The molecule has 4 aliphatic rings. The lowest BCUT2D eigenvalue weighted by Crippen LogP contribution is -2.57. The smallest absolute Gasteiger partial charge is 0.339 e. The van der Waals surface area contributed by atoms with Crippen LogP contribution in [0.1, 0.15) is 42.5 Å². The number of alkyl halides is 1. The first kappa shape index (κ1) is 14.3. The molecule has 4 fully saturated rings. The minimum atomic E-state index is -0.987. The van der Waals surface area contributed by atoms with Crippen molar-refractivity contribution in [3.8, 4) is 0 Å². The van der Waals surface area contributed by atoms with Crippen molar-refractivity contribution in [2.75, 3.05) is 5.32 Å². The van der Waals surface area contributed by atoms with Crippen molar-refractivity contribution < 1.29 is 14.3 Å². The Hall–Kier alpha value is -2.11. The number of hydrogen-bond donors (Lipinski definition) is 3. The summed E-state index contributed by atoms with van der Waals surface area (Å²) in [5.41, 5.74) is 0.504. The second-order valence-electron chi connectivity index (χ2n) is 7.88. The van der Waals surface area contributed by atoms with Gasteiger partial charge in [0.1, 0.15) is 16.9 Å². The van der Waals surface area contributed by atoms with Crippen LogP contribution in [0.25, 0.3) is 11.0 Å². The van der Waals surface area contributed by atoms with E-state index in [0.29, 0.717) is 41.9 Å². The standard InChI is InChI=1S/C18H20FN3O2/c19-18-5-9-3-10(6-18)14(11(4-9)7-18)22-15-12-1-2-20-16(12)21-8-13(15)17(23)24/h1-2,8-11,14H,3-7H2,(H,23,24)(H2,20,21,22). The number of hydrogen-bond acceptors (Lipinski definition) is 3. The fourth-order valence-corrected chi connectivity index (χ4v) is 5.65. The van der Waals surface area contributed by atoms with Gasteiger partial charge in [-0.2, -0.15) is 0 Å². The van der Waals surface area contributed by atoms with E-state index in [2.05, 4.69) is 15.3 Å². The molecule has 0 radical (unpaired) electrons. The van der Waals surface area contributed by atoms with E-state index in [1.54, 1.807) is 6.20 Å². The number of carboxylic acids is 1. The minimum Gasteiger partial charge on any atom is -0.478 e. The number of carbonyl (C=O) groups is 1. The Morgan fingerprint density at radius 2 is 2.08 bits per heavy atom. The highest BCUT2D eigenvalue weighted by atomic mass is 19.1. The summed E-state index contributed by atoms with van der Waals surface area (Å²) in [4.78, 5) is 18.8. The van der Waals surface area contributed by atoms with Crippen molar-refractivity contribution in [3.63, 3.8) is 0 Å². The first-order valence-electron chi connectivity index (χ1n) is 8.67. The molecule has 2 heterocycles. The van der Waals surface area contributed by atoms with Gasteiger partial charge in [-0.25, -0.2) is 14.2 Å². The molecule has 2 atom stereocenters. The molecule has 2 unspecified atom stereocenters. The molecule has 0 spiro atoms. The van der Waals surface area contributed by atoms with Crippen LogP contribution in [0.2, 0.25) is 0 Å². The SMILES string of the molecule is O=C(O)c1cnc2[nH]ccc2c1NC1C2CC3CC1CC(F)(C3)C2. The first-order chi connectivity index (χ1) is 11.5. The van der Waals surface area contributed by atoms with Gasteiger partial charge in [-0.15, -0.1) is 0 Å². The second-order valence-corrected chi connectivity index (χ2v) is 7.88. The van der Waals surface area contributed by atoms with E-state index >= 15 is 0 Å². The maximum Gasteiger partial charge on any atom is 0.339 e. The fraction of sp³-hybridized carbons (Fsp3) is 0.556. The van der Waals surface area contributed by atoms with Crippen molar-refractivity contribution in [2.45, 2.75) is 43.8 Å². The number of halogens is 1. The van der Waals surface area contributed by atoms with Crippen molar-refractivity contribution in [3.05, 3.63) is 24.0 Å². The molecule has 2 aromatic rings. The average molecular weight is 329 g/mol. The molecule has 0 aliphatic heterocycles. The third kappa shape index (κ3) is 1.98. The first-order valence-corrected chi connectivity index (χ1v) is 8.67. The van der Waals surface area contributed by atoms with Crippen LogP contribution in [-0.4, -0.2) is 32.8 Å². The van der Waals surface area contributed by atoms with Crippen LogP contribution >= 0.6 is 0 Å². The summed E-state index contributed by atoms with van der Waals surface area (Å²) in [6.45, 7) is 0. The molecule has 0 aromatic carbocycles. The number of nitrogens with zero attached hydrogens (tertiary/aromatic N) is 1. The highest BCUT2D eigenvalue weighted by Crippen LogP contribution is 2.58. The molecular formula is C18H20FN3O2. The Morgan fingerprint density at radius 1 is 1.33 bits per heavy atom. The number of nitrogens with one attached hydrogen (secondary N) is 2. The van der Waals surface area contributed by atoms with Crippen LogP contribution < -0.4 is 5.32 Å². The third-order valence-corrected chi connectivity index (χ3v) is 6.33. The number of anilines is 1. The molecule has 3 N–H and O–H groups in total. The Bertz CT molecular complexity index is 817. The molecule has 6 heteroatoms. The number of carboxylic acid groups (broad SMARTS) is 1. The molecule has 2 aromatic heterocycles. The largest absolute Gasteiger partial charge is 0.478 e. The van der Waals surface area contributed by atoms with Crippen LogP contribution in [0, 0.1) is 17.8 Å². The summed E-state index contributed by atoms with van der Waals surface area (Å²) in [5, 5.41) is 13.8. The van der Waals surface area contributed by atoms with Gasteiger partial charge in [-0.1, -0.05) is 0 Å². The zero-order chi connectivity index (χ0) is 16.5. The maximum absolute atomic E-state index is 14.9. The maximum atomic E-state index is 14.9. The van der Waals surface area contributed by atoms with Gasteiger partial charge in [0.25, 0.3) is 0 Å². The van der Waals surface area contributed by atoms with Crippen molar-refractivity contribution in [1.82, 2.24) is 9.97 Å². The summed E-state index contributed by atoms with van der Waals surface area (Å²) >= 11 is 0. The van der Waals surface area contributed by atoms with Gasteiger partial charge < -0.3 is 15.4 Å². The third-order valence-electron chi connectivity index (χ3n) is 6.33. The van der Waals surface area contributed by atoms with Crippen LogP contribution in [0.3, 0.4) is 0 Å². The van der Waals surface area contributed by atoms with Gasteiger partial charge >= 0.3 is 5.97 Å². The van der Waals surface area contributed by atoms with E-state index in [-0.39, 0.29) is 11.6 Å². The fourth-order valence-electron chi connectivity index (χ4n) is 5.65.